The van der Waals surface area contributed by atoms with Crippen molar-refractivity contribution in [2.24, 2.45) is 0 Å². The highest BCUT2D eigenvalue weighted by Gasteiger charge is 2.18. The molecule has 1 aromatic carbocycles. The first-order valence-corrected chi connectivity index (χ1v) is 11.8. The Morgan fingerprint density at radius 2 is 1.45 bits per heavy atom. The van der Waals surface area contributed by atoms with E-state index in [4.69, 9.17) is 4.74 Å². The second-order valence-corrected chi connectivity index (χ2v) is 9.30. The van der Waals surface area contributed by atoms with Gasteiger partial charge in [0.25, 0.3) is 0 Å². The molecular formula is C26H44O3. The van der Waals surface area contributed by atoms with Crippen molar-refractivity contribution in [3.63, 3.8) is 0 Å². The molecule has 0 heterocycles. The van der Waals surface area contributed by atoms with Crippen LogP contribution in [0.5, 0.6) is 5.75 Å². The lowest BCUT2D eigenvalue weighted by Gasteiger charge is -2.22. The highest BCUT2D eigenvalue weighted by Crippen LogP contribution is 2.32. The minimum absolute atomic E-state index is 0.0167. The maximum atomic E-state index is 12.1. The number of esters is 1. The molecule has 1 aromatic rings. The quantitative estimate of drug-likeness (QED) is 0.262. The molecule has 0 saturated carbocycles. The number of carbonyl (C=O) groups is 1. The van der Waals surface area contributed by atoms with Crippen molar-refractivity contribution in [3.8, 4) is 5.75 Å². The zero-order valence-electron chi connectivity index (χ0n) is 19.6. The smallest absolute Gasteiger partial charge is 0.306 e. The van der Waals surface area contributed by atoms with Gasteiger partial charge in [-0.3, -0.25) is 4.79 Å². The molecule has 0 amide bonds. The molecule has 0 bridgehead atoms. The number of phenols is 1. The van der Waals surface area contributed by atoms with Gasteiger partial charge in [-0.1, -0.05) is 98.1 Å². The molecule has 0 aliphatic carbocycles. The third-order valence-electron chi connectivity index (χ3n) is 5.62. The SMILES string of the molecule is CCCCCCCCCCCOC(=O)CCc1cc(C(C)(C)C)cc(CC)c1O. The fourth-order valence-corrected chi connectivity index (χ4v) is 3.56. The zero-order valence-corrected chi connectivity index (χ0v) is 19.6. The molecule has 3 nitrogen and oxygen atoms in total. The van der Waals surface area contributed by atoms with Gasteiger partial charge in [0.2, 0.25) is 0 Å². The van der Waals surface area contributed by atoms with Gasteiger partial charge in [-0.25, -0.2) is 0 Å². The van der Waals surface area contributed by atoms with Crippen molar-refractivity contribution in [3.05, 3.63) is 28.8 Å². The van der Waals surface area contributed by atoms with Crippen molar-refractivity contribution in [2.45, 2.75) is 117 Å². The summed E-state index contributed by atoms with van der Waals surface area (Å²) < 4.78 is 5.40. The molecule has 0 saturated heterocycles. The maximum absolute atomic E-state index is 12.1. The second-order valence-electron chi connectivity index (χ2n) is 9.30. The van der Waals surface area contributed by atoms with Gasteiger partial charge < -0.3 is 9.84 Å². The molecule has 0 radical (unpaired) electrons. The van der Waals surface area contributed by atoms with Crippen LogP contribution in [0.15, 0.2) is 12.1 Å². The summed E-state index contributed by atoms with van der Waals surface area (Å²) in [5, 5.41) is 10.5. The van der Waals surface area contributed by atoms with Crippen LogP contribution >= 0.6 is 0 Å². The van der Waals surface area contributed by atoms with Gasteiger partial charge in [0.05, 0.1) is 6.61 Å². The Morgan fingerprint density at radius 3 is 2.00 bits per heavy atom. The third kappa shape index (κ3) is 10.2. The van der Waals surface area contributed by atoms with Gasteiger partial charge in [0.1, 0.15) is 5.75 Å². The average molecular weight is 405 g/mol. The van der Waals surface area contributed by atoms with Crippen molar-refractivity contribution >= 4 is 5.97 Å². The second kappa shape index (κ2) is 13.7. The van der Waals surface area contributed by atoms with Gasteiger partial charge in [0, 0.05) is 6.42 Å². The van der Waals surface area contributed by atoms with Crippen molar-refractivity contribution in [1.82, 2.24) is 0 Å². The van der Waals surface area contributed by atoms with Crippen molar-refractivity contribution in [1.29, 1.82) is 0 Å². The summed E-state index contributed by atoms with van der Waals surface area (Å²) in [5.41, 5.74) is 3.03. The van der Waals surface area contributed by atoms with Crippen LogP contribution in [0.25, 0.3) is 0 Å². The van der Waals surface area contributed by atoms with E-state index in [0.717, 1.165) is 30.4 Å². The molecule has 166 valence electrons. The summed E-state index contributed by atoms with van der Waals surface area (Å²) in [5.74, 6) is 0.176. The largest absolute Gasteiger partial charge is 0.507 e. The Hall–Kier alpha value is -1.51. The van der Waals surface area contributed by atoms with E-state index in [1.165, 1.54) is 50.5 Å². The fourth-order valence-electron chi connectivity index (χ4n) is 3.56. The van der Waals surface area contributed by atoms with Gasteiger partial charge in [0.15, 0.2) is 0 Å². The number of hydrogen-bond acceptors (Lipinski definition) is 3. The molecule has 3 heteroatoms. The number of phenolic OH excluding ortho intramolecular Hbond substituents is 1. The number of aromatic hydroxyl groups is 1. The minimum Gasteiger partial charge on any atom is -0.507 e. The first kappa shape index (κ1) is 25.5. The predicted molar refractivity (Wildman–Crippen MR) is 123 cm³/mol. The van der Waals surface area contributed by atoms with Crippen LogP contribution in [0, 0.1) is 0 Å². The molecule has 0 aromatic heterocycles. The van der Waals surface area contributed by atoms with E-state index in [1.807, 2.05) is 13.0 Å². The number of rotatable bonds is 14. The molecular weight excluding hydrogens is 360 g/mol. The summed E-state index contributed by atoms with van der Waals surface area (Å²) >= 11 is 0. The zero-order chi connectivity index (χ0) is 21.7. The monoisotopic (exact) mass is 404 g/mol. The Kier molecular flexibility index (Phi) is 12.0. The van der Waals surface area contributed by atoms with Crippen LogP contribution < -0.4 is 0 Å². The molecule has 1 rings (SSSR count). The van der Waals surface area contributed by atoms with Crippen molar-refractivity contribution in [2.75, 3.05) is 6.61 Å². The van der Waals surface area contributed by atoms with E-state index in [-0.39, 0.29) is 11.4 Å². The van der Waals surface area contributed by atoms with Crippen LogP contribution in [0.1, 0.15) is 116 Å². The first-order valence-electron chi connectivity index (χ1n) is 11.8. The lowest BCUT2D eigenvalue weighted by molar-refractivity contribution is -0.143. The van der Waals surface area contributed by atoms with Gasteiger partial charge >= 0.3 is 5.97 Å². The minimum atomic E-state index is -0.164. The molecule has 0 aliphatic rings. The lowest BCUT2D eigenvalue weighted by atomic mass is 9.84. The number of unbranched alkanes of at least 4 members (excludes halogenated alkanes) is 8. The molecule has 0 aliphatic heterocycles. The Balaban J connectivity index is 2.31. The summed E-state index contributed by atoms with van der Waals surface area (Å²) in [6, 6.07) is 4.13. The van der Waals surface area contributed by atoms with Gasteiger partial charge in [-0.2, -0.15) is 0 Å². The van der Waals surface area contributed by atoms with Crippen LogP contribution in [0.2, 0.25) is 0 Å². The summed E-state index contributed by atoms with van der Waals surface area (Å²) in [6.45, 7) is 11.3. The molecule has 1 N–H and O–H groups in total. The Bertz CT molecular complexity index is 599. The van der Waals surface area contributed by atoms with E-state index in [1.54, 1.807) is 0 Å². The number of benzene rings is 1. The molecule has 0 atom stereocenters. The summed E-state index contributed by atoms with van der Waals surface area (Å²) in [7, 11) is 0. The maximum Gasteiger partial charge on any atom is 0.306 e. The van der Waals surface area contributed by atoms with Gasteiger partial charge in [-0.05, 0) is 41.4 Å². The first-order chi connectivity index (χ1) is 13.8. The van der Waals surface area contributed by atoms with E-state index in [9.17, 15) is 9.90 Å². The van der Waals surface area contributed by atoms with Crippen LogP contribution in [-0.4, -0.2) is 17.7 Å². The molecule has 0 fully saturated rings. The Morgan fingerprint density at radius 1 is 0.897 bits per heavy atom. The molecule has 29 heavy (non-hydrogen) atoms. The molecule has 0 spiro atoms. The summed E-state index contributed by atoms with van der Waals surface area (Å²) in [6.07, 6.45) is 12.9. The Labute approximate surface area is 179 Å². The highest BCUT2D eigenvalue weighted by atomic mass is 16.5. The third-order valence-corrected chi connectivity index (χ3v) is 5.62. The number of hydrogen-bond donors (Lipinski definition) is 1. The molecule has 0 unspecified atom stereocenters. The van der Waals surface area contributed by atoms with Crippen molar-refractivity contribution < 1.29 is 14.6 Å². The number of ether oxygens (including phenoxy) is 1. The number of aryl methyl sites for hydroxylation is 2. The summed E-state index contributed by atoms with van der Waals surface area (Å²) in [4.78, 5) is 12.1. The fraction of sp³-hybridized carbons (Fsp3) is 0.731. The van der Waals surface area contributed by atoms with E-state index < -0.39 is 0 Å². The van der Waals surface area contributed by atoms with Crippen LogP contribution in [-0.2, 0) is 27.8 Å². The van der Waals surface area contributed by atoms with E-state index in [0.29, 0.717) is 25.2 Å². The standard InChI is InChI=1S/C26H44O3/c1-6-8-9-10-11-12-13-14-15-18-29-24(27)17-16-22-20-23(26(3,4)5)19-21(7-2)25(22)28/h19-20,28H,6-18H2,1-5H3. The lowest BCUT2D eigenvalue weighted by Crippen LogP contribution is -2.13. The predicted octanol–water partition coefficient (Wildman–Crippen LogP) is 7.26. The topological polar surface area (TPSA) is 46.5 Å². The van der Waals surface area contributed by atoms with E-state index in [2.05, 4.69) is 33.8 Å². The normalized spacial score (nSPS) is 11.6. The van der Waals surface area contributed by atoms with E-state index >= 15 is 0 Å². The average Bonchev–Trinajstić information content (AvgIpc) is 2.67. The van der Waals surface area contributed by atoms with Crippen LogP contribution in [0.3, 0.4) is 0 Å². The highest BCUT2D eigenvalue weighted by molar-refractivity contribution is 5.70. The van der Waals surface area contributed by atoms with Crippen LogP contribution in [0.4, 0.5) is 0 Å². The number of carbonyl (C=O) groups excluding carboxylic acids is 1. The van der Waals surface area contributed by atoms with Gasteiger partial charge in [-0.15, -0.1) is 0 Å².